The van der Waals surface area contributed by atoms with Crippen LogP contribution in [0, 0.1) is 0 Å². The van der Waals surface area contributed by atoms with Crippen LogP contribution in [0.15, 0.2) is 0 Å². The first kappa shape index (κ1) is 13.8. The lowest BCUT2D eigenvalue weighted by Crippen LogP contribution is -2.33. The molecule has 0 saturated carbocycles. The van der Waals surface area contributed by atoms with Gasteiger partial charge in [-0.25, -0.2) is 21.1 Å². The average molecular weight is 245 g/mol. The van der Waals surface area contributed by atoms with Crippen molar-refractivity contribution in [2.75, 3.05) is 38.0 Å². The smallest absolute Gasteiger partial charge is 0.214 e. The van der Waals surface area contributed by atoms with Gasteiger partial charge in [0.25, 0.3) is 0 Å². The van der Waals surface area contributed by atoms with Gasteiger partial charge in [0.2, 0.25) is 10.0 Å². The number of aliphatic hydroxyl groups is 1. The first-order valence-electron chi connectivity index (χ1n) is 3.91. The van der Waals surface area contributed by atoms with Crippen LogP contribution in [0.4, 0.5) is 0 Å². The Labute approximate surface area is 84.5 Å². The number of hydrogen-bond donors (Lipinski definition) is 1. The van der Waals surface area contributed by atoms with Crippen LogP contribution in [0.1, 0.15) is 0 Å². The molecule has 0 saturated heterocycles. The van der Waals surface area contributed by atoms with Crippen molar-refractivity contribution in [1.82, 2.24) is 4.31 Å². The van der Waals surface area contributed by atoms with E-state index in [1.54, 1.807) is 0 Å². The molecule has 0 fully saturated rings. The van der Waals surface area contributed by atoms with E-state index in [2.05, 4.69) is 0 Å². The van der Waals surface area contributed by atoms with Gasteiger partial charge in [0.1, 0.15) is 9.84 Å². The normalized spacial score (nSPS) is 13.4. The standard InChI is InChI=1S/C6H15NO5S2/c1-7(3-4-8)14(11,12)6-5-13(2,9)10/h8H,3-6H2,1-2H3. The maximum atomic E-state index is 11.3. The van der Waals surface area contributed by atoms with Gasteiger partial charge in [-0.05, 0) is 0 Å². The van der Waals surface area contributed by atoms with Crippen LogP contribution in [-0.2, 0) is 19.9 Å². The van der Waals surface area contributed by atoms with Crippen molar-refractivity contribution >= 4 is 19.9 Å². The highest BCUT2D eigenvalue weighted by Gasteiger charge is 2.19. The summed E-state index contributed by atoms with van der Waals surface area (Å²) in [7, 11) is -5.54. The second kappa shape index (κ2) is 5.06. The van der Waals surface area contributed by atoms with Crippen molar-refractivity contribution in [1.29, 1.82) is 0 Å². The fraction of sp³-hybridized carbons (Fsp3) is 1.00. The van der Waals surface area contributed by atoms with E-state index in [0.717, 1.165) is 10.6 Å². The second-order valence-electron chi connectivity index (χ2n) is 2.99. The summed E-state index contributed by atoms with van der Waals surface area (Å²) in [5.41, 5.74) is 0. The summed E-state index contributed by atoms with van der Waals surface area (Å²) in [4.78, 5) is 0. The number of nitrogens with zero attached hydrogens (tertiary/aromatic N) is 1. The zero-order chi connectivity index (χ0) is 11.4. The molecule has 0 aromatic carbocycles. The van der Waals surface area contributed by atoms with Gasteiger partial charge in [-0.3, -0.25) is 0 Å². The van der Waals surface area contributed by atoms with E-state index in [1.807, 2.05) is 0 Å². The molecular formula is C6H15NO5S2. The molecule has 0 aromatic heterocycles. The van der Waals surface area contributed by atoms with Crippen LogP contribution < -0.4 is 0 Å². The second-order valence-corrected chi connectivity index (χ2v) is 7.45. The van der Waals surface area contributed by atoms with Gasteiger partial charge in [-0.15, -0.1) is 0 Å². The number of aliphatic hydroxyl groups excluding tert-OH is 1. The van der Waals surface area contributed by atoms with Gasteiger partial charge in [0.15, 0.2) is 0 Å². The first-order chi connectivity index (χ1) is 6.19. The molecule has 0 aliphatic carbocycles. The molecule has 0 unspecified atom stereocenters. The highest BCUT2D eigenvalue weighted by molar-refractivity contribution is 7.93. The highest BCUT2D eigenvalue weighted by Crippen LogP contribution is 1.98. The molecule has 86 valence electrons. The Morgan fingerprint density at radius 2 is 1.64 bits per heavy atom. The van der Waals surface area contributed by atoms with Gasteiger partial charge in [-0.2, -0.15) is 0 Å². The van der Waals surface area contributed by atoms with E-state index in [0.29, 0.717) is 0 Å². The number of likely N-dealkylation sites (N-methyl/N-ethyl adjacent to an activating group) is 1. The molecule has 0 rings (SSSR count). The Morgan fingerprint density at radius 1 is 1.14 bits per heavy atom. The number of hydrogen-bond acceptors (Lipinski definition) is 5. The SMILES string of the molecule is CN(CCO)S(=O)(=O)CCS(C)(=O)=O. The average Bonchev–Trinajstić information content (AvgIpc) is 2.00. The lowest BCUT2D eigenvalue weighted by Gasteiger charge is -2.14. The van der Waals surface area contributed by atoms with E-state index >= 15 is 0 Å². The van der Waals surface area contributed by atoms with Crippen LogP contribution in [0.5, 0.6) is 0 Å². The summed E-state index contributed by atoms with van der Waals surface area (Å²) in [6, 6.07) is 0. The van der Waals surface area contributed by atoms with Gasteiger partial charge in [0, 0.05) is 19.8 Å². The Balaban J connectivity index is 4.36. The molecule has 0 aromatic rings. The Kier molecular flexibility index (Phi) is 4.99. The van der Waals surface area contributed by atoms with E-state index in [9.17, 15) is 16.8 Å². The number of sulfone groups is 1. The van der Waals surface area contributed by atoms with Crippen LogP contribution in [0.25, 0.3) is 0 Å². The van der Waals surface area contributed by atoms with Crippen molar-refractivity contribution < 1.29 is 21.9 Å². The van der Waals surface area contributed by atoms with E-state index < -0.39 is 31.4 Å². The van der Waals surface area contributed by atoms with Gasteiger partial charge >= 0.3 is 0 Å². The van der Waals surface area contributed by atoms with Crippen LogP contribution in [0.2, 0.25) is 0 Å². The number of sulfonamides is 1. The summed E-state index contributed by atoms with van der Waals surface area (Å²) in [5, 5.41) is 8.50. The maximum Gasteiger partial charge on any atom is 0.214 e. The van der Waals surface area contributed by atoms with E-state index in [1.165, 1.54) is 7.05 Å². The zero-order valence-electron chi connectivity index (χ0n) is 8.17. The van der Waals surface area contributed by atoms with Crippen LogP contribution >= 0.6 is 0 Å². The lowest BCUT2D eigenvalue weighted by atomic mass is 10.7. The quantitative estimate of drug-likeness (QED) is 0.601. The van der Waals surface area contributed by atoms with E-state index in [4.69, 9.17) is 5.11 Å². The Bertz CT molecular complexity index is 358. The zero-order valence-corrected chi connectivity index (χ0v) is 9.81. The molecule has 0 amide bonds. The highest BCUT2D eigenvalue weighted by atomic mass is 32.2. The van der Waals surface area contributed by atoms with E-state index in [-0.39, 0.29) is 13.2 Å². The van der Waals surface area contributed by atoms with Crippen molar-refractivity contribution in [2.45, 2.75) is 0 Å². The minimum atomic E-state index is -3.56. The van der Waals surface area contributed by atoms with Gasteiger partial charge < -0.3 is 5.11 Å². The third kappa shape index (κ3) is 5.53. The molecule has 6 nitrogen and oxygen atoms in total. The third-order valence-corrected chi connectivity index (χ3v) is 4.66. The summed E-state index contributed by atoms with van der Waals surface area (Å²) in [5.74, 6) is -0.840. The lowest BCUT2D eigenvalue weighted by molar-refractivity contribution is 0.266. The molecule has 14 heavy (non-hydrogen) atoms. The van der Waals surface area contributed by atoms with Crippen molar-refractivity contribution in [3.8, 4) is 0 Å². The predicted octanol–water partition coefficient (Wildman–Crippen LogP) is -1.72. The molecule has 1 N–H and O–H groups in total. The first-order valence-corrected chi connectivity index (χ1v) is 7.58. The van der Waals surface area contributed by atoms with Crippen LogP contribution in [0.3, 0.4) is 0 Å². The minimum absolute atomic E-state index is 0.0217. The van der Waals surface area contributed by atoms with Crippen LogP contribution in [-0.4, -0.2) is 64.2 Å². The summed E-state index contributed by atoms with van der Waals surface area (Å²) < 4.78 is 45.0. The maximum absolute atomic E-state index is 11.3. The van der Waals surface area contributed by atoms with Crippen molar-refractivity contribution in [3.63, 3.8) is 0 Å². The minimum Gasteiger partial charge on any atom is -0.395 e. The molecule has 0 atom stereocenters. The fourth-order valence-corrected chi connectivity index (χ4v) is 3.42. The van der Waals surface area contributed by atoms with Crippen molar-refractivity contribution in [3.05, 3.63) is 0 Å². The molecule has 0 heterocycles. The largest absolute Gasteiger partial charge is 0.395 e. The topological polar surface area (TPSA) is 91.8 Å². The van der Waals surface area contributed by atoms with Gasteiger partial charge in [0.05, 0.1) is 18.1 Å². The molecule has 0 radical (unpaired) electrons. The molecule has 0 spiro atoms. The third-order valence-electron chi connectivity index (χ3n) is 1.60. The Morgan fingerprint density at radius 3 is 2.00 bits per heavy atom. The van der Waals surface area contributed by atoms with Gasteiger partial charge in [-0.1, -0.05) is 0 Å². The summed E-state index contributed by atoms with van der Waals surface area (Å²) >= 11 is 0. The molecular weight excluding hydrogens is 230 g/mol. The molecule has 8 heteroatoms. The fourth-order valence-electron chi connectivity index (χ4n) is 0.692. The molecule has 0 bridgehead atoms. The predicted molar refractivity (Wildman–Crippen MR) is 53.2 cm³/mol. The molecule has 0 aliphatic heterocycles. The number of rotatable bonds is 6. The molecule has 0 aliphatic rings. The Hall–Kier alpha value is -0.180. The monoisotopic (exact) mass is 245 g/mol. The summed E-state index contributed by atoms with van der Waals surface area (Å²) in [6.45, 7) is -0.305. The summed E-state index contributed by atoms with van der Waals surface area (Å²) in [6.07, 6.45) is 0.981. The van der Waals surface area contributed by atoms with Crippen molar-refractivity contribution in [2.24, 2.45) is 0 Å².